The molecule has 0 heterocycles. The number of rotatable bonds is 2. The summed E-state index contributed by atoms with van der Waals surface area (Å²) < 4.78 is 5.26. The van der Waals surface area contributed by atoms with Crippen LogP contribution in [0.1, 0.15) is 37.8 Å². The Bertz CT molecular complexity index is 572. The maximum absolute atomic E-state index is 12.1. The third-order valence-corrected chi connectivity index (χ3v) is 3.62. The summed E-state index contributed by atoms with van der Waals surface area (Å²) in [6, 6.07) is 5.67. The zero-order valence-electron chi connectivity index (χ0n) is 12.4. The number of aryl methyl sites for hydroxylation is 1. The lowest BCUT2D eigenvalue weighted by Gasteiger charge is -2.28. The van der Waals surface area contributed by atoms with Gasteiger partial charge in [0.2, 0.25) is 0 Å². The van der Waals surface area contributed by atoms with Crippen molar-refractivity contribution in [3.8, 4) is 5.75 Å². The molecule has 106 valence electrons. The van der Waals surface area contributed by atoms with Gasteiger partial charge in [-0.2, -0.15) is 0 Å². The third-order valence-electron chi connectivity index (χ3n) is 3.62. The molecule has 0 radical (unpaired) electrons. The number of ketones is 2. The van der Waals surface area contributed by atoms with Crippen molar-refractivity contribution in [1.82, 2.24) is 0 Å². The summed E-state index contributed by atoms with van der Waals surface area (Å²) in [6.07, 6.45) is 2.53. The molecule has 1 aromatic carbocycles. The van der Waals surface area contributed by atoms with Crippen molar-refractivity contribution in [2.45, 2.75) is 33.6 Å². The first-order valence-corrected chi connectivity index (χ1v) is 6.75. The number of hydrogen-bond donors (Lipinski definition) is 0. The molecule has 0 N–H and O–H groups in total. The van der Waals surface area contributed by atoms with Gasteiger partial charge < -0.3 is 4.74 Å². The van der Waals surface area contributed by atoms with E-state index in [1.165, 1.54) is 0 Å². The van der Waals surface area contributed by atoms with Crippen LogP contribution in [0, 0.1) is 12.3 Å². The highest BCUT2D eigenvalue weighted by atomic mass is 16.5. The molecule has 0 unspecified atom stereocenters. The Morgan fingerprint density at radius 2 is 1.75 bits per heavy atom. The molecular weight excluding hydrogens is 252 g/mol. The predicted octanol–water partition coefficient (Wildman–Crippen LogP) is 3.35. The van der Waals surface area contributed by atoms with E-state index >= 15 is 0 Å². The van der Waals surface area contributed by atoms with E-state index in [1.54, 1.807) is 13.2 Å². The summed E-state index contributed by atoms with van der Waals surface area (Å²) in [5.74, 6) is 0.631. The summed E-state index contributed by atoms with van der Waals surface area (Å²) in [5.41, 5.74) is 1.94. The van der Waals surface area contributed by atoms with Crippen LogP contribution in [-0.2, 0) is 9.59 Å². The fourth-order valence-corrected chi connectivity index (χ4v) is 2.53. The van der Waals surface area contributed by atoms with Crippen molar-refractivity contribution in [3.63, 3.8) is 0 Å². The van der Waals surface area contributed by atoms with Crippen LogP contribution in [0.25, 0.3) is 6.08 Å². The van der Waals surface area contributed by atoms with Crippen LogP contribution in [0.5, 0.6) is 5.75 Å². The van der Waals surface area contributed by atoms with Gasteiger partial charge in [0.05, 0.1) is 12.7 Å². The lowest BCUT2D eigenvalue weighted by Crippen LogP contribution is -2.31. The van der Waals surface area contributed by atoms with E-state index < -0.39 is 0 Å². The molecule has 0 aliphatic heterocycles. The Kier molecular flexibility index (Phi) is 3.80. The van der Waals surface area contributed by atoms with Gasteiger partial charge in [0, 0.05) is 12.8 Å². The zero-order valence-corrected chi connectivity index (χ0v) is 12.4. The van der Waals surface area contributed by atoms with Crippen LogP contribution in [0.3, 0.4) is 0 Å². The molecule has 1 aromatic rings. The smallest absolute Gasteiger partial charge is 0.167 e. The van der Waals surface area contributed by atoms with Gasteiger partial charge in [0.25, 0.3) is 0 Å². The minimum absolute atomic E-state index is 0.0641. The number of benzene rings is 1. The third kappa shape index (κ3) is 2.98. The van der Waals surface area contributed by atoms with Crippen LogP contribution < -0.4 is 4.74 Å². The number of hydrogen-bond acceptors (Lipinski definition) is 3. The van der Waals surface area contributed by atoms with Crippen molar-refractivity contribution >= 4 is 17.6 Å². The topological polar surface area (TPSA) is 43.4 Å². The Balaban J connectivity index is 2.35. The summed E-state index contributed by atoms with van der Waals surface area (Å²) in [5, 5.41) is 0. The lowest BCUT2D eigenvalue weighted by molar-refractivity contribution is -0.127. The maximum Gasteiger partial charge on any atom is 0.167 e. The van der Waals surface area contributed by atoms with Crippen molar-refractivity contribution in [1.29, 1.82) is 0 Å². The van der Waals surface area contributed by atoms with E-state index in [0.717, 1.165) is 16.9 Å². The van der Waals surface area contributed by atoms with Gasteiger partial charge >= 0.3 is 0 Å². The fourth-order valence-electron chi connectivity index (χ4n) is 2.53. The highest BCUT2D eigenvalue weighted by Gasteiger charge is 2.35. The molecule has 0 amide bonds. The number of methoxy groups -OCH3 is 1. The van der Waals surface area contributed by atoms with Crippen LogP contribution in [0.4, 0.5) is 0 Å². The predicted molar refractivity (Wildman–Crippen MR) is 78.7 cm³/mol. The first-order valence-electron chi connectivity index (χ1n) is 6.75. The molecule has 2 rings (SSSR count). The van der Waals surface area contributed by atoms with Crippen molar-refractivity contribution in [2.75, 3.05) is 7.11 Å². The Hall–Kier alpha value is -1.90. The highest BCUT2D eigenvalue weighted by Crippen LogP contribution is 2.34. The van der Waals surface area contributed by atoms with E-state index in [0.29, 0.717) is 18.4 Å². The summed E-state index contributed by atoms with van der Waals surface area (Å²) in [4.78, 5) is 24.3. The molecule has 0 aromatic heterocycles. The maximum atomic E-state index is 12.1. The Morgan fingerprint density at radius 1 is 1.15 bits per heavy atom. The van der Waals surface area contributed by atoms with Gasteiger partial charge in [-0.05, 0) is 35.6 Å². The molecule has 1 fully saturated rings. The van der Waals surface area contributed by atoms with Gasteiger partial charge in [0.15, 0.2) is 11.6 Å². The molecule has 1 aliphatic carbocycles. The lowest BCUT2D eigenvalue weighted by atomic mass is 9.74. The second-order valence-corrected chi connectivity index (χ2v) is 6.15. The molecule has 3 heteroatoms. The Morgan fingerprint density at radius 3 is 2.30 bits per heavy atom. The quantitative estimate of drug-likeness (QED) is 0.612. The van der Waals surface area contributed by atoms with Crippen LogP contribution in [0.15, 0.2) is 23.8 Å². The zero-order chi connectivity index (χ0) is 14.9. The van der Waals surface area contributed by atoms with Crippen molar-refractivity contribution in [3.05, 3.63) is 34.9 Å². The molecule has 0 bridgehead atoms. The second kappa shape index (κ2) is 5.23. The first-order chi connectivity index (χ1) is 9.32. The van der Waals surface area contributed by atoms with E-state index in [9.17, 15) is 9.59 Å². The molecule has 1 aliphatic rings. The van der Waals surface area contributed by atoms with E-state index in [-0.39, 0.29) is 17.0 Å². The number of carbonyl (C=O) groups is 2. The fraction of sp³-hybridized carbons (Fsp3) is 0.412. The summed E-state index contributed by atoms with van der Waals surface area (Å²) >= 11 is 0. The molecule has 0 saturated heterocycles. The van der Waals surface area contributed by atoms with Gasteiger partial charge in [-0.3, -0.25) is 9.59 Å². The number of carbonyl (C=O) groups excluding carboxylic acids is 2. The molecule has 1 saturated carbocycles. The monoisotopic (exact) mass is 272 g/mol. The summed E-state index contributed by atoms with van der Waals surface area (Å²) in [7, 11) is 1.61. The normalized spacial score (nSPS) is 18.1. The van der Waals surface area contributed by atoms with E-state index in [4.69, 9.17) is 4.74 Å². The van der Waals surface area contributed by atoms with Crippen LogP contribution >= 0.6 is 0 Å². The minimum Gasteiger partial charge on any atom is -0.496 e. The number of Topliss-reactive ketones (excluding diaryl/α,β-unsaturated/α-hetero) is 2. The van der Waals surface area contributed by atoms with E-state index in [1.807, 2.05) is 39.0 Å². The molecule has 0 spiro atoms. The molecule has 3 nitrogen and oxygen atoms in total. The van der Waals surface area contributed by atoms with Gasteiger partial charge in [-0.1, -0.05) is 26.0 Å². The molecule has 20 heavy (non-hydrogen) atoms. The van der Waals surface area contributed by atoms with Crippen LogP contribution in [-0.4, -0.2) is 18.7 Å². The summed E-state index contributed by atoms with van der Waals surface area (Å²) in [6.45, 7) is 5.86. The number of ether oxygens (including phenoxy) is 1. The standard InChI is InChI=1S/C17H20O3/c1-11-5-6-12(8-16(11)20-4)7-13-14(18)9-17(2,3)10-15(13)19/h5-8H,9-10H2,1-4H3. The largest absolute Gasteiger partial charge is 0.496 e. The van der Waals surface area contributed by atoms with E-state index in [2.05, 4.69) is 0 Å². The molecule has 0 atom stereocenters. The van der Waals surface area contributed by atoms with Gasteiger partial charge in [-0.15, -0.1) is 0 Å². The average molecular weight is 272 g/mol. The highest BCUT2D eigenvalue weighted by molar-refractivity contribution is 6.25. The van der Waals surface area contributed by atoms with Gasteiger partial charge in [0.1, 0.15) is 5.75 Å². The molecular formula is C17H20O3. The SMILES string of the molecule is COc1cc(C=C2C(=O)CC(C)(C)CC2=O)ccc1C. The minimum atomic E-state index is -0.226. The first kappa shape index (κ1) is 14.5. The van der Waals surface area contributed by atoms with Crippen LogP contribution in [0.2, 0.25) is 0 Å². The van der Waals surface area contributed by atoms with Crippen molar-refractivity contribution in [2.24, 2.45) is 5.41 Å². The average Bonchev–Trinajstić information content (AvgIpc) is 2.34. The van der Waals surface area contributed by atoms with Gasteiger partial charge in [-0.25, -0.2) is 0 Å². The second-order valence-electron chi connectivity index (χ2n) is 6.15. The van der Waals surface area contributed by atoms with Crippen molar-refractivity contribution < 1.29 is 14.3 Å². The Labute approximate surface area is 119 Å². The number of allylic oxidation sites excluding steroid dienone is 1.